The average molecular weight is 313 g/mol. The van der Waals surface area contributed by atoms with Crippen LogP contribution in [0.5, 0.6) is 0 Å². The number of halogens is 2. The standard InChI is InChI=1S/C12H11BrClN3/c1-17(12-6-11(13)15-8-16-12)7-9-4-2-3-5-10(9)14/h2-6,8H,7H2,1H3. The van der Waals surface area contributed by atoms with Crippen molar-refractivity contribution >= 4 is 33.3 Å². The second-order valence-electron chi connectivity index (χ2n) is 3.65. The molecule has 1 aromatic carbocycles. The third kappa shape index (κ3) is 3.17. The van der Waals surface area contributed by atoms with Crippen LogP contribution in [-0.2, 0) is 6.54 Å². The Morgan fingerprint density at radius 2 is 2.06 bits per heavy atom. The van der Waals surface area contributed by atoms with Crippen LogP contribution in [0.15, 0.2) is 41.3 Å². The maximum Gasteiger partial charge on any atom is 0.133 e. The van der Waals surface area contributed by atoms with Crippen LogP contribution in [0, 0.1) is 0 Å². The maximum absolute atomic E-state index is 6.12. The first-order valence-electron chi connectivity index (χ1n) is 5.09. The minimum absolute atomic E-state index is 0.711. The summed E-state index contributed by atoms with van der Waals surface area (Å²) in [5, 5.41) is 0.771. The molecule has 0 spiro atoms. The average Bonchev–Trinajstić information content (AvgIpc) is 2.32. The van der Waals surface area contributed by atoms with Crippen molar-refractivity contribution in [3.8, 4) is 0 Å². The van der Waals surface area contributed by atoms with Crippen LogP contribution in [0.2, 0.25) is 5.02 Å². The van der Waals surface area contributed by atoms with E-state index in [1.165, 1.54) is 6.33 Å². The summed E-state index contributed by atoms with van der Waals surface area (Å²) in [6, 6.07) is 9.67. The zero-order valence-corrected chi connectivity index (χ0v) is 11.6. The number of hydrogen-bond acceptors (Lipinski definition) is 3. The van der Waals surface area contributed by atoms with Crippen molar-refractivity contribution in [1.29, 1.82) is 0 Å². The smallest absolute Gasteiger partial charge is 0.133 e. The molecule has 0 N–H and O–H groups in total. The van der Waals surface area contributed by atoms with E-state index in [9.17, 15) is 0 Å². The maximum atomic E-state index is 6.12. The van der Waals surface area contributed by atoms with Crippen molar-refractivity contribution in [2.45, 2.75) is 6.54 Å². The van der Waals surface area contributed by atoms with E-state index in [2.05, 4.69) is 25.9 Å². The molecule has 0 bridgehead atoms. The largest absolute Gasteiger partial charge is 0.355 e. The highest BCUT2D eigenvalue weighted by molar-refractivity contribution is 9.10. The minimum Gasteiger partial charge on any atom is -0.355 e. The van der Waals surface area contributed by atoms with Gasteiger partial charge in [0.1, 0.15) is 16.7 Å². The van der Waals surface area contributed by atoms with Gasteiger partial charge in [0.2, 0.25) is 0 Å². The normalized spacial score (nSPS) is 10.3. The van der Waals surface area contributed by atoms with E-state index in [0.717, 1.165) is 21.0 Å². The van der Waals surface area contributed by atoms with Crippen LogP contribution in [0.1, 0.15) is 5.56 Å². The Morgan fingerprint density at radius 1 is 1.29 bits per heavy atom. The Balaban J connectivity index is 2.17. The van der Waals surface area contributed by atoms with Gasteiger partial charge in [-0.25, -0.2) is 9.97 Å². The number of rotatable bonds is 3. The molecule has 0 unspecified atom stereocenters. The zero-order chi connectivity index (χ0) is 12.3. The summed E-state index contributed by atoms with van der Waals surface area (Å²) < 4.78 is 0.772. The van der Waals surface area contributed by atoms with Gasteiger partial charge in [0.25, 0.3) is 0 Å². The lowest BCUT2D eigenvalue weighted by Gasteiger charge is -2.18. The monoisotopic (exact) mass is 311 g/mol. The summed E-state index contributed by atoms with van der Waals surface area (Å²) in [7, 11) is 1.97. The van der Waals surface area contributed by atoms with Crippen molar-refractivity contribution in [1.82, 2.24) is 9.97 Å². The third-order valence-corrected chi connectivity index (χ3v) is 3.18. The van der Waals surface area contributed by atoms with E-state index in [4.69, 9.17) is 11.6 Å². The first kappa shape index (κ1) is 12.3. The highest BCUT2D eigenvalue weighted by Crippen LogP contribution is 2.20. The first-order chi connectivity index (χ1) is 8.16. The Morgan fingerprint density at radius 3 is 2.76 bits per heavy atom. The molecule has 0 amide bonds. The van der Waals surface area contributed by atoms with Crippen molar-refractivity contribution in [2.75, 3.05) is 11.9 Å². The quantitative estimate of drug-likeness (QED) is 0.812. The molecule has 0 radical (unpaired) electrons. The van der Waals surface area contributed by atoms with Crippen LogP contribution >= 0.6 is 27.5 Å². The molecule has 0 fully saturated rings. The van der Waals surface area contributed by atoms with E-state index in [0.29, 0.717) is 6.54 Å². The Kier molecular flexibility index (Phi) is 3.97. The van der Waals surface area contributed by atoms with Gasteiger partial charge >= 0.3 is 0 Å². The van der Waals surface area contributed by atoms with Crippen LogP contribution < -0.4 is 4.90 Å². The number of benzene rings is 1. The number of hydrogen-bond donors (Lipinski definition) is 0. The van der Waals surface area contributed by atoms with Crippen molar-refractivity contribution in [3.63, 3.8) is 0 Å². The summed E-state index contributed by atoms with van der Waals surface area (Å²) in [5.41, 5.74) is 1.08. The lowest BCUT2D eigenvalue weighted by atomic mass is 10.2. The van der Waals surface area contributed by atoms with Gasteiger partial charge in [-0.05, 0) is 27.6 Å². The van der Waals surface area contributed by atoms with Crippen molar-refractivity contribution in [3.05, 3.63) is 51.8 Å². The van der Waals surface area contributed by atoms with Crippen LogP contribution in [0.25, 0.3) is 0 Å². The predicted octanol–water partition coefficient (Wildman–Crippen LogP) is 3.53. The number of anilines is 1. The fourth-order valence-corrected chi connectivity index (χ4v) is 1.99. The molecule has 0 aliphatic rings. The fourth-order valence-electron chi connectivity index (χ4n) is 1.50. The van der Waals surface area contributed by atoms with E-state index in [1.54, 1.807) is 0 Å². The summed E-state index contributed by atoms with van der Waals surface area (Å²) in [4.78, 5) is 10.2. The second-order valence-corrected chi connectivity index (χ2v) is 4.87. The molecule has 88 valence electrons. The molecule has 3 nitrogen and oxygen atoms in total. The minimum atomic E-state index is 0.711. The Hall–Kier alpha value is -1.13. The Bertz CT molecular complexity index is 519. The number of nitrogens with zero attached hydrogens (tertiary/aromatic N) is 3. The van der Waals surface area contributed by atoms with Gasteiger partial charge < -0.3 is 4.90 Å². The first-order valence-corrected chi connectivity index (χ1v) is 6.26. The summed E-state index contributed by atoms with van der Waals surface area (Å²) in [6.45, 7) is 0.711. The molecule has 0 atom stereocenters. The lowest BCUT2D eigenvalue weighted by molar-refractivity contribution is 0.888. The number of aromatic nitrogens is 2. The predicted molar refractivity (Wildman–Crippen MR) is 73.3 cm³/mol. The SMILES string of the molecule is CN(Cc1ccccc1Cl)c1cc(Br)ncn1. The summed E-state index contributed by atoms with van der Waals surface area (Å²) in [6.07, 6.45) is 1.53. The van der Waals surface area contributed by atoms with Crippen LogP contribution in [0.4, 0.5) is 5.82 Å². The Labute approximate surface area is 114 Å². The molecule has 2 aromatic rings. The van der Waals surface area contributed by atoms with Crippen molar-refractivity contribution < 1.29 is 0 Å². The molecule has 0 saturated heterocycles. The van der Waals surface area contributed by atoms with Gasteiger partial charge in [0, 0.05) is 24.7 Å². The van der Waals surface area contributed by atoms with E-state index < -0.39 is 0 Å². The summed E-state index contributed by atoms with van der Waals surface area (Å²) >= 11 is 9.44. The molecule has 0 saturated carbocycles. The molecule has 0 aliphatic carbocycles. The topological polar surface area (TPSA) is 29.0 Å². The zero-order valence-electron chi connectivity index (χ0n) is 9.27. The van der Waals surface area contributed by atoms with Crippen LogP contribution in [0.3, 0.4) is 0 Å². The molecule has 0 aliphatic heterocycles. The van der Waals surface area contributed by atoms with Crippen LogP contribution in [-0.4, -0.2) is 17.0 Å². The highest BCUT2D eigenvalue weighted by atomic mass is 79.9. The van der Waals surface area contributed by atoms with Gasteiger partial charge in [-0.15, -0.1) is 0 Å². The molecule has 17 heavy (non-hydrogen) atoms. The second kappa shape index (κ2) is 5.47. The van der Waals surface area contributed by atoms with Gasteiger partial charge in [0.05, 0.1) is 0 Å². The third-order valence-electron chi connectivity index (χ3n) is 2.38. The molecule has 1 heterocycles. The highest BCUT2D eigenvalue weighted by Gasteiger charge is 2.06. The van der Waals surface area contributed by atoms with Gasteiger partial charge in [-0.3, -0.25) is 0 Å². The van der Waals surface area contributed by atoms with E-state index in [1.807, 2.05) is 42.3 Å². The fraction of sp³-hybridized carbons (Fsp3) is 0.167. The molecular weight excluding hydrogens is 302 g/mol. The lowest BCUT2D eigenvalue weighted by Crippen LogP contribution is -2.17. The molecule has 1 aromatic heterocycles. The van der Waals surface area contributed by atoms with E-state index >= 15 is 0 Å². The van der Waals surface area contributed by atoms with Gasteiger partial charge in [0.15, 0.2) is 0 Å². The molecular formula is C12H11BrClN3. The van der Waals surface area contributed by atoms with E-state index in [-0.39, 0.29) is 0 Å². The van der Waals surface area contributed by atoms with Gasteiger partial charge in [-0.1, -0.05) is 29.8 Å². The van der Waals surface area contributed by atoms with Crippen molar-refractivity contribution in [2.24, 2.45) is 0 Å². The molecule has 5 heteroatoms. The summed E-state index contributed by atoms with van der Waals surface area (Å²) in [5.74, 6) is 0.854. The van der Waals surface area contributed by atoms with Gasteiger partial charge in [-0.2, -0.15) is 0 Å². The molecule has 2 rings (SSSR count).